The normalized spacial score (nSPS) is 12.2. The van der Waals surface area contributed by atoms with Gasteiger partial charge in [-0.05, 0) is 25.1 Å². The Kier molecular flexibility index (Phi) is 4.82. The van der Waals surface area contributed by atoms with Crippen LogP contribution in [0.2, 0.25) is 0 Å². The number of benzene rings is 1. The van der Waals surface area contributed by atoms with Gasteiger partial charge in [0.1, 0.15) is 18.4 Å². The second-order valence-electron chi connectivity index (χ2n) is 6.58. The standard InChI is InChI=1S/C19H20N6O2S/c1-11(7-25-10-20-9-21-25)18(26)24-19-23-16(8-28-19)17-12(2)22-15-5-4-13(27-3)6-14(15)17/h4-6,8-11,22H,7H2,1-3H3,(H,23,24,26)/t11-/m0/s1. The minimum atomic E-state index is -0.256. The Labute approximate surface area is 165 Å². The number of aromatic nitrogens is 5. The minimum Gasteiger partial charge on any atom is -0.497 e. The SMILES string of the molecule is COc1ccc2[nH]c(C)c(-c3csc(NC(=O)[C@@H](C)Cn4cncn4)n3)c2c1. The Morgan fingerprint density at radius 3 is 3.04 bits per heavy atom. The summed E-state index contributed by atoms with van der Waals surface area (Å²) in [5, 5.41) is 10.5. The summed E-state index contributed by atoms with van der Waals surface area (Å²) in [6.45, 7) is 4.33. The average molecular weight is 396 g/mol. The van der Waals surface area contributed by atoms with Crippen LogP contribution in [-0.2, 0) is 11.3 Å². The van der Waals surface area contributed by atoms with Gasteiger partial charge in [0.25, 0.3) is 0 Å². The number of nitrogens with zero attached hydrogens (tertiary/aromatic N) is 4. The molecule has 3 heterocycles. The number of hydrogen-bond acceptors (Lipinski definition) is 6. The molecule has 3 aromatic heterocycles. The Hall–Kier alpha value is -3.20. The molecule has 144 valence electrons. The molecule has 0 saturated heterocycles. The van der Waals surface area contributed by atoms with Crippen molar-refractivity contribution in [2.45, 2.75) is 20.4 Å². The second kappa shape index (κ2) is 7.43. The van der Waals surface area contributed by atoms with Crippen molar-refractivity contribution in [2.24, 2.45) is 5.92 Å². The average Bonchev–Trinajstić information content (AvgIpc) is 3.41. The summed E-state index contributed by atoms with van der Waals surface area (Å²) in [4.78, 5) is 24.4. The van der Waals surface area contributed by atoms with Crippen LogP contribution in [0.5, 0.6) is 5.75 Å². The third-order valence-corrected chi connectivity index (χ3v) is 5.32. The molecular formula is C19H20N6O2S. The first-order chi connectivity index (χ1) is 13.5. The van der Waals surface area contributed by atoms with Gasteiger partial charge in [-0.2, -0.15) is 5.10 Å². The summed E-state index contributed by atoms with van der Waals surface area (Å²) in [6.07, 6.45) is 3.05. The third kappa shape index (κ3) is 3.48. The molecule has 0 aliphatic carbocycles. The Morgan fingerprint density at radius 1 is 1.43 bits per heavy atom. The highest BCUT2D eigenvalue weighted by Gasteiger charge is 2.18. The molecule has 4 rings (SSSR count). The van der Waals surface area contributed by atoms with Gasteiger partial charge in [0.05, 0.1) is 25.3 Å². The minimum absolute atomic E-state index is 0.103. The van der Waals surface area contributed by atoms with Gasteiger partial charge in [-0.25, -0.2) is 9.97 Å². The van der Waals surface area contributed by atoms with Crippen molar-refractivity contribution in [2.75, 3.05) is 12.4 Å². The van der Waals surface area contributed by atoms with Crippen molar-refractivity contribution in [1.29, 1.82) is 0 Å². The number of amides is 1. The molecule has 4 aromatic rings. The van der Waals surface area contributed by atoms with E-state index in [1.54, 1.807) is 18.1 Å². The van der Waals surface area contributed by atoms with Crippen molar-refractivity contribution in [3.05, 3.63) is 41.9 Å². The number of methoxy groups -OCH3 is 1. The summed E-state index contributed by atoms with van der Waals surface area (Å²) in [7, 11) is 1.65. The zero-order chi connectivity index (χ0) is 19.7. The fraction of sp³-hybridized carbons (Fsp3) is 0.263. The van der Waals surface area contributed by atoms with E-state index in [2.05, 4.69) is 25.4 Å². The summed E-state index contributed by atoms with van der Waals surface area (Å²) in [5.74, 6) is 0.431. The van der Waals surface area contributed by atoms with Gasteiger partial charge in [0.2, 0.25) is 5.91 Å². The fourth-order valence-electron chi connectivity index (χ4n) is 3.13. The molecule has 0 aliphatic heterocycles. The van der Waals surface area contributed by atoms with Gasteiger partial charge < -0.3 is 15.0 Å². The largest absolute Gasteiger partial charge is 0.497 e. The van der Waals surface area contributed by atoms with Gasteiger partial charge in [-0.15, -0.1) is 11.3 Å². The Balaban J connectivity index is 1.55. The number of rotatable bonds is 6. The smallest absolute Gasteiger partial charge is 0.230 e. The molecular weight excluding hydrogens is 376 g/mol. The van der Waals surface area contributed by atoms with Gasteiger partial charge in [0.15, 0.2) is 5.13 Å². The molecule has 0 bridgehead atoms. The van der Waals surface area contributed by atoms with Crippen molar-refractivity contribution >= 4 is 33.3 Å². The van der Waals surface area contributed by atoms with E-state index in [0.717, 1.165) is 33.6 Å². The van der Waals surface area contributed by atoms with Gasteiger partial charge >= 0.3 is 0 Å². The maximum Gasteiger partial charge on any atom is 0.230 e. The van der Waals surface area contributed by atoms with E-state index >= 15 is 0 Å². The highest BCUT2D eigenvalue weighted by atomic mass is 32.1. The summed E-state index contributed by atoms with van der Waals surface area (Å²) in [6, 6.07) is 5.91. The number of aromatic amines is 1. The number of anilines is 1. The zero-order valence-corrected chi connectivity index (χ0v) is 16.6. The van der Waals surface area contributed by atoms with Crippen LogP contribution in [0, 0.1) is 12.8 Å². The molecule has 0 aliphatic rings. The van der Waals surface area contributed by atoms with Gasteiger partial charge in [-0.3, -0.25) is 9.48 Å². The molecule has 1 aromatic carbocycles. The van der Waals surface area contributed by atoms with Crippen LogP contribution >= 0.6 is 11.3 Å². The number of thiazole rings is 1. The lowest BCUT2D eigenvalue weighted by atomic mass is 10.1. The van der Waals surface area contributed by atoms with E-state index in [0.29, 0.717) is 11.7 Å². The third-order valence-electron chi connectivity index (χ3n) is 4.56. The number of H-pyrrole nitrogens is 1. The van der Waals surface area contributed by atoms with Crippen LogP contribution in [0.15, 0.2) is 36.2 Å². The fourth-order valence-corrected chi connectivity index (χ4v) is 3.83. The van der Waals surface area contributed by atoms with Crippen LogP contribution in [0.3, 0.4) is 0 Å². The topological polar surface area (TPSA) is 97.7 Å². The molecule has 8 nitrogen and oxygen atoms in total. The van der Waals surface area contributed by atoms with Gasteiger partial charge in [-0.1, -0.05) is 6.92 Å². The number of hydrogen-bond donors (Lipinski definition) is 2. The number of nitrogens with one attached hydrogen (secondary N) is 2. The van der Waals surface area contributed by atoms with Crippen LogP contribution in [-0.4, -0.2) is 37.7 Å². The lowest BCUT2D eigenvalue weighted by molar-refractivity contribution is -0.119. The molecule has 2 N–H and O–H groups in total. The predicted molar refractivity (Wildman–Crippen MR) is 109 cm³/mol. The van der Waals surface area contributed by atoms with Crippen molar-refractivity contribution in [1.82, 2.24) is 24.7 Å². The Morgan fingerprint density at radius 2 is 2.29 bits per heavy atom. The summed E-state index contributed by atoms with van der Waals surface area (Å²) in [5.41, 5.74) is 3.88. The molecule has 1 amide bonds. The Bertz CT molecular complexity index is 1120. The number of fused-ring (bicyclic) bond motifs is 1. The van der Waals surface area contributed by atoms with E-state index in [-0.39, 0.29) is 11.8 Å². The predicted octanol–water partition coefficient (Wildman–Crippen LogP) is 3.47. The first kappa shape index (κ1) is 18.2. The molecule has 0 unspecified atom stereocenters. The molecule has 9 heteroatoms. The van der Waals surface area contributed by atoms with Crippen molar-refractivity contribution in [3.63, 3.8) is 0 Å². The van der Waals surface area contributed by atoms with E-state index in [9.17, 15) is 4.79 Å². The second-order valence-corrected chi connectivity index (χ2v) is 7.44. The first-order valence-electron chi connectivity index (χ1n) is 8.80. The van der Waals surface area contributed by atoms with Crippen molar-refractivity contribution in [3.8, 4) is 17.0 Å². The highest BCUT2D eigenvalue weighted by molar-refractivity contribution is 7.14. The number of aryl methyl sites for hydroxylation is 1. The van der Waals surface area contributed by atoms with Crippen LogP contribution < -0.4 is 10.1 Å². The first-order valence-corrected chi connectivity index (χ1v) is 9.68. The quantitative estimate of drug-likeness (QED) is 0.520. The molecule has 28 heavy (non-hydrogen) atoms. The van der Waals surface area contributed by atoms with E-state index < -0.39 is 0 Å². The summed E-state index contributed by atoms with van der Waals surface area (Å²) >= 11 is 1.41. The molecule has 0 saturated carbocycles. The highest BCUT2D eigenvalue weighted by Crippen LogP contribution is 2.35. The van der Waals surface area contributed by atoms with E-state index in [1.165, 1.54) is 17.7 Å². The summed E-state index contributed by atoms with van der Waals surface area (Å²) < 4.78 is 6.99. The maximum atomic E-state index is 12.5. The van der Waals surface area contributed by atoms with Gasteiger partial charge in [0, 0.05) is 27.5 Å². The number of ether oxygens (including phenoxy) is 1. The van der Waals surface area contributed by atoms with Crippen LogP contribution in [0.4, 0.5) is 5.13 Å². The zero-order valence-electron chi connectivity index (χ0n) is 15.8. The van der Waals surface area contributed by atoms with E-state index in [4.69, 9.17) is 4.74 Å². The monoisotopic (exact) mass is 396 g/mol. The molecule has 0 radical (unpaired) electrons. The van der Waals surface area contributed by atoms with Crippen molar-refractivity contribution < 1.29 is 9.53 Å². The van der Waals surface area contributed by atoms with Crippen LogP contribution in [0.25, 0.3) is 22.2 Å². The van der Waals surface area contributed by atoms with E-state index in [1.807, 2.05) is 37.4 Å². The molecule has 1 atom stereocenters. The van der Waals surface area contributed by atoms with Crippen LogP contribution in [0.1, 0.15) is 12.6 Å². The number of carbonyl (C=O) groups excluding carboxylic acids is 1. The maximum absolute atomic E-state index is 12.5. The lowest BCUT2D eigenvalue weighted by Gasteiger charge is -2.10. The number of carbonyl (C=O) groups is 1. The molecule has 0 fully saturated rings. The lowest BCUT2D eigenvalue weighted by Crippen LogP contribution is -2.24. The molecule has 0 spiro atoms.